The number of halogens is 3. The van der Waals surface area contributed by atoms with E-state index in [0.717, 1.165) is 11.0 Å². The molecule has 1 aromatic rings. The summed E-state index contributed by atoms with van der Waals surface area (Å²) >= 11 is 2.78. The van der Waals surface area contributed by atoms with E-state index in [4.69, 9.17) is 4.74 Å². The van der Waals surface area contributed by atoms with Gasteiger partial charge in [-0.2, -0.15) is 0 Å². The summed E-state index contributed by atoms with van der Waals surface area (Å²) in [7, 11) is 0. The third-order valence-corrected chi connectivity index (χ3v) is 4.16. The van der Waals surface area contributed by atoms with Crippen LogP contribution < -0.4 is 4.90 Å². The molecule has 0 saturated heterocycles. The van der Waals surface area contributed by atoms with Crippen LogP contribution >= 0.6 is 15.9 Å². The normalized spacial score (nSPS) is 17.0. The monoisotopic (exact) mass is 389 g/mol. The van der Waals surface area contributed by atoms with Gasteiger partial charge in [0.05, 0.1) is 21.3 Å². The summed E-state index contributed by atoms with van der Waals surface area (Å²) in [5.74, 6) is -2.38. The van der Waals surface area contributed by atoms with Crippen LogP contribution in [0, 0.1) is 11.6 Å². The second-order valence-corrected chi connectivity index (χ2v) is 7.90. The minimum Gasteiger partial charge on any atom is -0.443 e. The van der Waals surface area contributed by atoms with E-state index >= 15 is 0 Å². The molecule has 0 saturated carbocycles. The van der Waals surface area contributed by atoms with Crippen LogP contribution in [-0.2, 0) is 4.74 Å². The van der Waals surface area contributed by atoms with Crippen LogP contribution in [0.3, 0.4) is 0 Å². The molecule has 0 atom stereocenters. The molecule has 0 aromatic heterocycles. The number of fused-ring (bicyclic) bond motifs is 1. The number of rotatable bonds is 0. The van der Waals surface area contributed by atoms with E-state index in [1.807, 2.05) is 0 Å². The molecule has 0 fully saturated rings. The summed E-state index contributed by atoms with van der Waals surface area (Å²) in [6.07, 6.45) is -0.841. The number of ether oxygens (including phenoxy) is 1. The van der Waals surface area contributed by atoms with Gasteiger partial charge in [0.25, 0.3) is 0 Å². The fourth-order valence-electron chi connectivity index (χ4n) is 2.56. The number of ketones is 1. The van der Waals surface area contributed by atoms with Crippen LogP contribution in [0.25, 0.3) is 0 Å². The van der Waals surface area contributed by atoms with Crippen molar-refractivity contribution in [2.24, 2.45) is 0 Å². The zero-order valence-corrected chi connectivity index (χ0v) is 15.2. The first-order valence-electron chi connectivity index (χ1n) is 7.09. The number of anilines is 1. The van der Waals surface area contributed by atoms with Crippen LogP contribution in [0.15, 0.2) is 10.5 Å². The summed E-state index contributed by atoms with van der Waals surface area (Å²) in [6.45, 7) is 8.37. The number of hydrogen-bond donors (Lipinski definition) is 0. The molecule has 0 spiro atoms. The van der Waals surface area contributed by atoms with Gasteiger partial charge in [0.15, 0.2) is 11.6 Å². The molecule has 4 nitrogen and oxygen atoms in total. The molecule has 0 unspecified atom stereocenters. The third kappa shape index (κ3) is 3.24. The number of amides is 1. The van der Waals surface area contributed by atoms with E-state index in [1.165, 1.54) is 0 Å². The molecular weight excluding hydrogens is 372 g/mol. The molecule has 0 N–H and O–H groups in total. The van der Waals surface area contributed by atoms with Crippen molar-refractivity contribution in [1.82, 2.24) is 0 Å². The Hall–Kier alpha value is -1.50. The number of benzene rings is 1. The van der Waals surface area contributed by atoms with Crippen molar-refractivity contribution in [3.63, 3.8) is 0 Å². The largest absolute Gasteiger partial charge is 0.443 e. The van der Waals surface area contributed by atoms with Crippen LogP contribution in [0.1, 0.15) is 51.4 Å². The molecule has 23 heavy (non-hydrogen) atoms. The lowest BCUT2D eigenvalue weighted by molar-refractivity contribution is 0.0536. The topological polar surface area (TPSA) is 46.6 Å². The second-order valence-electron chi connectivity index (χ2n) is 7.11. The lowest BCUT2D eigenvalue weighted by Gasteiger charge is -2.42. The van der Waals surface area contributed by atoms with Crippen molar-refractivity contribution in [2.45, 2.75) is 52.2 Å². The zero-order valence-electron chi connectivity index (χ0n) is 13.6. The quantitative estimate of drug-likeness (QED) is 0.596. The third-order valence-electron chi connectivity index (χ3n) is 3.44. The van der Waals surface area contributed by atoms with Crippen LogP contribution in [-0.4, -0.2) is 23.0 Å². The minimum absolute atomic E-state index is 0.0891. The molecular formula is C16H18BrF2NO3. The van der Waals surface area contributed by atoms with Gasteiger partial charge in [0.1, 0.15) is 11.4 Å². The highest BCUT2D eigenvalue weighted by atomic mass is 79.9. The van der Waals surface area contributed by atoms with E-state index in [2.05, 4.69) is 15.9 Å². The van der Waals surface area contributed by atoms with Gasteiger partial charge in [0, 0.05) is 6.42 Å². The maximum Gasteiger partial charge on any atom is 0.415 e. The van der Waals surface area contributed by atoms with Crippen molar-refractivity contribution in [1.29, 1.82) is 0 Å². The average molecular weight is 390 g/mol. The Balaban J connectivity index is 2.66. The number of carbonyl (C=O) groups is 2. The summed E-state index contributed by atoms with van der Waals surface area (Å²) < 4.78 is 33.2. The molecule has 7 heteroatoms. The van der Waals surface area contributed by atoms with Gasteiger partial charge in [-0.3, -0.25) is 9.69 Å². The van der Waals surface area contributed by atoms with E-state index in [-0.39, 0.29) is 17.7 Å². The lowest BCUT2D eigenvalue weighted by Crippen LogP contribution is -2.54. The molecule has 1 aliphatic rings. The van der Waals surface area contributed by atoms with Crippen molar-refractivity contribution in [2.75, 3.05) is 4.90 Å². The Morgan fingerprint density at radius 3 is 2.43 bits per heavy atom. The first-order valence-corrected chi connectivity index (χ1v) is 7.88. The summed E-state index contributed by atoms with van der Waals surface area (Å²) in [5.41, 5.74) is -2.15. The Morgan fingerprint density at radius 2 is 1.91 bits per heavy atom. The maximum absolute atomic E-state index is 14.3. The van der Waals surface area contributed by atoms with E-state index in [1.54, 1.807) is 34.6 Å². The minimum atomic E-state index is -1.01. The summed E-state index contributed by atoms with van der Waals surface area (Å²) in [5, 5.41) is 0. The SMILES string of the molecule is CC(C)(C)OC(=O)N1c2cc(F)c(Br)c(F)c2C(=O)CC1(C)C. The summed E-state index contributed by atoms with van der Waals surface area (Å²) in [6, 6.07) is 0.977. The molecule has 1 heterocycles. The highest BCUT2D eigenvalue weighted by Gasteiger charge is 2.44. The molecule has 0 aliphatic carbocycles. The number of hydrogen-bond acceptors (Lipinski definition) is 3. The first-order chi connectivity index (χ1) is 10.3. The van der Waals surface area contributed by atoms with Crippen molar-refractivity contribution < 1.29 is 23.1 Å². The van der Waals surface area contributed by atoms with Gasteiger partial charge < -0.3 is 4.74 Å². The Bertz CT molecular complexity index is 696. The lowest BCUT2D eigenvalue weighted by atomic mass is 9.86. The van der Waals surface area contributed by atoms with Crippen molar-refractivity contribution in [3.8, 4) is 0 Å². The molecule has 0 bridgehead atoms. The average Bonchev–Trinajstić information content (AvgIpc) is 2.31. The zero-order chi connectivity index (χ0) is 17.7. The standard InChI is InChI=1S/C16H18BrF2NO3/c1-15(2,3)23-14(22)20-9-6-8(18)12(17)13(19)11(9)10(21)7-16(20,4)5/h6H,7H2,1-5H3. The van der Waals surface area contributed by atoms with Crippen molar-refractivity contribution >= 4 is 33.5 Å². The van der Waals surface area contributed by atoms with Crippen LogP contribution in [0.4, 0.5) is 19.3 Å². The predicted molar refractivity (Wildman–Crippen MR) is 85.8 cm³/mol. The summed E-state index contributed by atoms with van der Waals surface area (Å²) in [4.78, 5) is 26.0. The first kappa shape index (κ1) is 17.8. The highest BCUT2D eigenvalue weighted by Crippen LogP contribution is 2.41. The highest BCUT2D eigenvalue weighted by molar-refractivity contribution is 9.10. The predicted octanol–water partition coefficient (Wildman–Crippen LogP) is 4.83. The van der Waals surface area contributed by atoms with E-state index in [9.17, 15) is 18.4 Å². The van der Waals surface area contributed by atoms with Crippen molar-refractivity contribution in [3.05, 3.63) is 27.7 Å². The molecule has 1 aromatic carbocycles. The van der Waals surface area contributed by atoms with Gasteiger partial charge in [-0.05, 0) is 56.6 Å². The molecule has 0 radical (unpaired) electrons. The Labute approximate surface area is 141 Å². The Kier molecular flexibility index (Phi) is 4.30. The Morgan fingerprint density at radius 1 is 1.35 bits per heavy atom. The number of nitrogens with zero attached hydrogens (tertiary/aromatic N) is 1. The molecule has 2 rings (SSSR count). The van der Waals surface area contributed by atoms with Gasteiger partial charge in [-0.1, -0.05) is 0 Å². The van der Waals surface area contributed by atoms with E-state index in [0.29, 0.717) is 0 Å². The fourth-order valence-corrected chi connectivity index (χ4v) is 2.88. The smallest absolute Gasteiger partial charge is 0.415 e. The maximum atomic E-state index is 14.3. The van der Waals surface area contributed by atoms with Gasteiger partial charge in [-0.25, -0.2) is 13.6 Å². The number of Topliss-reactive ketones (excluding diaryl/α,β-unsaturated/α-hetero) is 1. The van der Waals surface area contributed by atoms with Gasteiger partial charge in [-0.15, -0.1) is 0 Å². The van der Waals surface area contributed by atoms with E-state index < -0.39 is 39.1 Å². The van der Waals surface area contributed by atoms with Crippen LogP contribution in [0.2, 0.25) is 0 Å². The number of carbonyl (C=O) groups excluding carboxylic acids is 2. The molecule has 1 amide bonds. The molecule has 126 valence electrons. The molecule has 1 aliphatic heterocycles. The fraction of sp³-hybridized carbons (Fsp3) is 0.500. The van der Waals surface area contributed by atoms with Gasteiger partial charge >= 0.3 is 6.09 Å². The second kappa shape index (κ2) is 5.54. The van der Waals surface area contributed by atoms with Gasteiger partial charge in [0.2, 0.25) is 0 Å². The van der Waals surface area contributed by atoms with Crippen LogP contribution in [0.5, 0.6) is 0 Å².